The summed E-state index contributed by atoms with van der Waals surface area (Å²) < 4.78 is 1.25. The number of fused-ring (bicyclic) bond motifs is 1. The molecule has 0 bridgehead atoms. The summed E-state index contributed by atoms with van der Waals surface area (Å²) in [6.45, 7) is 0. The molecule has 0 spiro atoms. The van der Waals surface area contributed by atoms with Crippen molar-refractivity contribution >= 4 is 27.4 Å². The lowest BCUT2D eigenvalue weighted by Gasteiger charge is -2.30. The fraction of sp³-hybridized carbons (Fsp3) is 0.471. The van der Waals surface area contributed by atoms with Gasteiger partial charge in [0.2, 0.25) is 0 Å². The highest BCUT2D eigenvalue weighted by atomic mass is 32.1. The van der Waals surface area contributed by atoms with E-state index in [1.807, 2.05) is 12.1 Å². The standard InChI is InChI=1S/C17H21NO2S/c18-14(9-17(10-16(19)20)7-3-4-8-17)13-11-21-15-6-2-1-5-12(13)15/h1-2,5-6,11,14H,3-4,7-10,18H2,(H,19,20). The van der Waals surface area contributed by atoms with Gasteiger partial charge in [0.25, 0.3) is 0 Å². The summed E-state index contributed by atoms with van der Waals surface area (Å²) in [6.07, 6.45) is 5.28. The number of hydrogen-bond acceptors (Lipinski definition) is 3. The van der Waals surface area contributed by atoms with Crippen molar-refractivity contribution in [3.8, 4) is 0 Å². The van der Waals surface area contributed by atoms with Crippen LogP contribution in [0.2, 0.25) is 0 Å². The molecule has 2 aromatic rings. The van der Waals surface area contributed by atoms with Crippen molar-refractivity contribution in [2.75, 3.05) is 0 Å². The second-order valence-electron chi connectivity index (χ2n) is 6.28. The topological polar surface area (TPSA) is 63.3 Å². The van der Waals surface area contributed by atoms with Gasteiger partial charge in [-0.25, -0.2) is 0 Å². The highest BCUT2D eigenvalue weighted by Crippen LogP contribution is 2.47. The fourth-order valence-corrected chi connectivity index (χ4v) is 4.79. The van der Waals surface area contributed by atoms with Gasteiger partial charge >= 0.3 is 5.97 Å². The first-order valence-electron chi connectivity index (χ1n) is 7.53. The first-order valence-corrected chi connectivity index (χ1v) is 8.41. The molecule has 1 aliphatic rings. The van der Waals surface area contributed by atoms with Crippen molar-refractivity contribution in [2.24, 2.45) is 11.1 Å². The number of thiophene rings is 1. The number of aliphatic carboxylic acids is 1. The molecule has 0 radical (unpaired) electrons. The van der Waals surface area contributed by atoms with Crippen LogP contribution >= 0.6 is 11.3 Å². The average molecular weight is 303 g/mol. The minimum atomic E-state index is -0.695. The minimum Gasteiger partial charge on any atom is -0.481 e. The molecule has 3 rings (SSSR count). The largest absolute Gasteiger partial charge is 0.481 e. The number of benzene rings is 1. The number of rotatable bonds is 5. The van der Waals surface area contributed by atoms with E-state index in [4.69, 9.17) is 5.73 Å². The van der Waals surface area contributed by atoms with Crippen molar-refractivity contribution in [3.05, 3.63) is 35.2 Å². The highest BCUT2D eigenvalue weighted by molar-refractivity contribution is 7.17. The molecule has 1 aromatic heterocycles. The van der Waals surface area contributed by atoms with E-state index < -0.39 is 5.97 Å². The number of carbonyl (C=O) groups is 1. The molecule has 21 heavy (non-hydrogen) atoms. The Balaban J connectivity index is 1.84. The van der Waals surface area contributed by atoms with Crippen LogP contribution in [0.4, 0.5) is 0 Å². The molecule has 3 N–H and O–H groups in total. The monoisotopic (exact) mass is 303 g/mol. The molecular weight excluding hydrogens is 282 g/mol. The SMILES string of the molecule is NC(CC1(CC(=O)O)CCCC1)c1csc2ccccc12. The summed E-state index contributed by atoms with van der Waals surface area (Å²) in [7, 11) is 0. The first-order chi connectivity index (χ1) is 10.1. The zero-order valence-electron chi connectivity index (χ0n) is 12.0. The van der Waals surface area contributed by atoms with Gasteiger partial charge in [0.15, 0.2) is 0 Å². The van der Waals surface area contributed by atoms with E-state index in [9.17, 15) is 9.90 Å². The Morgan fingerprint density at radius 1 is 1.33 bits per heavy atom. The van der Waals surface area contributed by atoms with Gasteiger partial charge in [-0.1, -0.05) is 31.0 Å². The molecule has 1 atom stereocenters. The Hall–Kier alpha value is -1.39. The third kappa shape index (κ3) is 2.97. The second kappa shape index (κ2) is 5.78. The molecule has 1 saturated carbocycles. The molecule has 1 unspecified atom stereocenters. The Labute approximate surface area is 128 Å². The number of carboxylic acids is 1. The van der Waals surface area contributed by atoms with Crippen LogP contribution in [0.3, 0.4) is 0 Å². The van der Waals surface area contributed by atoms with Crippen molar-refractivity contribution in [1.82, 2.24) is 0 Å². The van der Waals surface area contributed by atoms with Crippen LogP contribution in [-0.4, -0.2) is 11.1 Å². The van der Waals surface area contributed by atoms with Crippen LogP contribution in [0.5, 0.6) is 0 Å². The van der Waals surface area contributed by atoms with Gasteiger partial charge < -0.3 is 10.8 Å². The average Bonchev–Trinajstić information content (AvgIpc) is 3.04. The maximum atomic E-state index is 11.2. The van der Waals surface area contributed by atoms with Gasteiger partial charge in [-0.05, 0) is 47.1 Å². The second-order valence-corrected chi connectivity index (χ2v) is 7.19. The summed E-state index contributed by atoms with van der Waals surface area (Å²) in [5.41, 5.74) is 7.53. The van der Waals surface area contributed by atoms with E-state index in [1.54, 1.807) is 11.3 Å². The lowest BCUT2D eigenvalue weighted by Crippen LogP contribution is -2.26. The van der Waals surface area contributed by atoms with Crippen LogP contribution in [0.25, 0.3) is 10.1 Å². The smallest absolute Gasteiger partial charge is 0.303 e. The summed E-state index contributed by atoms with van der Waals surface area (Å²) in [5.74, 6) is -0.695. The lowest BCUT2D eigenvalue weighted by molar-refractivity contribution is -0.139. The molecular formula is C17H21NO2S. The zero-order valence-corrected chi connectivity index (χ0v) is 12.9. The molecule has 3 nitrogen and oxygen atoms in total. The summed E-state index contributed by atoms with van der Waals surface area (Å²) in [4.78, 5) is 11.2. The van der Waals surface area contributed by atoms with E-state index in [-0.39, 0.29) is 17.9 Å². The van der Waals surface area contributed by atoms with Gasteiger partial charge in [0.05, 0.1) is 6.42 Å². The van der Waals surface area contributed by atoms with E-state index in [2.05, 4.69) is 17.5 Å². The normalized spacial score (nSPS) is 18.9. The fourth-order valence-electron chi connectivity index (χ4n) is 3.76. The lowest BCUT2D eigenvalue weighted by atomic mass is 9.76. The van der Waals surface area contributed by atoms with Crippen LogP contribution in [-0.2, 0) is 4.79 Å². The molecule has 0 aliphatic heterocycles. The predicted molar refractivity (Wildman–Crippen MR) is 86.5 cm³/mol. The van der Waals surface area contributed by atoms with Crippen molar-refractivity contribution < 1.29 is 9.90 Å². The molecule has 1 heterocycles. The van der Waals surface area contributed by atoms with Gasteiger partial charge in [0, 0.05) is 10.7 Å². The Morgan fingerprint density at radius 2 is 2.05 bits per heavy atom. The molecule has 0 saturated heterocycles. The van der Waals surface area contributed by atoms with Crippen molar-refractivity contribution in [2.45, 2.75) is 44.6 Å². The molecule has 112 valence electrons. The van der Waals surface area contributed by atoms with Gasteiger partial charge in [-0.3, -0.25) is 4.79 Å². The summed E-state index contributed by atoms with van der Waals surface area (Å²) in [5, 5.41) is 12.6. The maximum Gasteiger partial charge on any atom is 0.303 e. The van der Waals surface area contributed by atoms with Gasteiger partial charge in [0.1, 0.15) is 0 Å². The number of carboxylic acid groups (broad SMARTS) is 1. The number of nitrogens with two attached hydrogens (primary N) is 1. The van der Waals surface area contributed by atoms with Gasteiger partial charge in [-0.15, -0.1) is 11.3 Å². The summed E-state index contributed by atoms with van der Waals surface area (Å²) in [6, 6.07) is 8.22. The zero-order chi connectivity index (χ0) is 14.9. The maximum absolute atomic E-state index is 11.2. The first kappa shape index (κ1) is 14.5. The molecule has 1 fully saturated rings. The van der Waals surface area contributed by atoms with Crippen LogP contribution < -0.4 is 5.73 Å². The van der Waals surface area contributed by atoms with Crippen molar-refractivity contribution in [1.29, 1.82) is 0 Å². The van der Waals surface area contributed by atoms with E-state index >= 15 is 0 Å². The van der Waals surface area contributed by atoms with E-state index in [0.29, 0.717) is 0 Å². The minimum absolute atomic E-state index is 0.0707. The third-order valence-corrected chi connectivity index (χ3v) is 5.74. The summed E-state index contributed by atoms with van der Waals surface area (Å²) >= 11 is 1.72. The molecule has 0 amide bonds. The molecule has 1 aromatic carbocycles. The van der Waals surface area contributed by atoms with Crippen molar-refractivity contribution in [3.63, 3.8) is 0 Å². The Morgan fingerprint density at radius 3 is 2.76 bits per heavy atom. The number of hydrogen-bond donors (Lipinski definition) is 2. The van der Waals surface area contributed by atoms with E-state index in [0.717, 1.165) is 32.1 Å². The third-order valence-electron chi connectivity index (χ3n) is 4.75. The van der Waals surface area contributed by atoms with Crippen LogP contribution in [0.1, 0.15) is 50.1 Å². The quantitative estimate of drug-likeness (QED) is 0.864. The Kier molecular flexibility index (Phi) is 4.00. The highest BCUT2D eigenvalue weighted by Gasteiger charge is 2.37. The molecule has 4 heteroatoms. The molecule has 1 aliphatic carbocycles. The van der Waals surface area contributed by atoms with Crippen LogP contribution in [0, 0.1) is 5.41 Å². The van der Waals surface area contributed by atoms with E-state index in [1.165, 1.54) is 15.6 Å². The predicted octanol–water partition coefficient (Wildman–Crippen LogP) is 4.33. The van der Waals surface area contributed by atoms with Crippen LogP contribution in [0.15, 0.2) is 29.6 Å². The Bertz CT molecular complexity index is 643. The van der Waals surface area contributed by atoms with Gasteiger partial charge in [-0.2, -0.15) is 0 Å².